The van der Waals surface area contributed by atoms with Crippen LogP contribution in [0.3, 0.4) is 0 Å². The summed E-state index contributed by atoms with van der Waals surface area (Å²) in [5, 5.41) is 0.522. The zero-order valence-corrected chi connectivity index (χ0v) is 13.4. The molecule has 5 heteroatoms. The summed E-state index contributed by atoms with van der Waals surface area (Å²) in [6.07, 6.45) is 1.61. The zero-order chi connectivity index (χ0) is 15.3. The second kappa shape index (κ2) is 7.07. The van der Waals surface area contributed by atoms with Crippen molar-refractivity contribution in [1.29, 1.82) is 0 Å². The Labute approximate surface area is 131 Å². The Morgan fingerprint density at radius 2 is 1.62 bits per heavy atom. The second-order valence-corrected chi connectivity index (χ2v) is 7.14. The minimum atomic E-state index is -3.45. The average molecular weight is 324 g/mol. The van der Waals surface area contributed by atoms with Crippen molar-refractivity contribution in [1.82, 2.24) is 4.72 Å². The van der Waals surface area contributed by atoms with Crippen molar-refractivity contribution in [3.05, 3.63) is 64.7 Å². The summed E-state index contributed by atoms with van der Waals surface area (Å²) in [6, 6.07) is 14.4. The van der Waals surface area contributed by atoms with Gasteiger partial charge >= 0.3 is 0 Å². The van der Waals surface area contributed by atoms with Crippen LogP contribution in [0.5, 0.6) is 0 Å². The van der Waals surface area contributed by atoms with Crippen LogP contribution in [0.25, 0.3) is 0 Å². The molecule has 0 bridgehead atoms. The Bertz CT molecular complexity index is 679. The number of nitrogens with one attached hydrogen (secondary N) is 1. The van der Waals surface area contributed by atoms with Gasteiger partial charge in [-0.3, -0.25) is 0 Å². The fourth-order valence-electron chi connectivity index (χ4n) is 1.95. The van der Waals surface area contributed by atoms with Gasteiger partial charge in [-0.05, 0) is 49.6 Å². The highest BCUT2D eigenvalue weighted by Crippen LogP contribution is 2.14. The number of hydrogen-bond donors (Lipinski definition) is 1. The van der Waals surface area contributed by atoms with E-state index in [0.717, 1.165) is 12.8 Å². The van der Waals surface area contributed by atoms with Gasteiger partial charge in [0.25, 0.3) is 0 Å². The summed E-state index contributed by atoms with van der Waals surface area (Å²) >= 11 is 5.75. The number of benzene rings is 2. The lowest BCUT2D eigenvalue weighted by atomic mass is 10.1. The smallest absolute Gasteiger partial charge is 0.211 e. The van der Waals surface area contributed by atoms with Gasteiger partial charge in [-0.1, -0.05) is 41.4 Å². The highest BCUT2D eigenvalue weighted by molar-refractivity contribution is 7.89. The molecule has 0 aliphatic rings. The fourth-order valence-corrected chi connectivity index (χ4v) is 3.15. The van der Waals surface area contributed by atoms with Crippen LogP contribution in [0, 0.1) is 6.92 Å². The fraction of sp³-hybridized carbons (Fsp3) is 0.250. The molecule has 112 valence electrons. The molecular formula is C16H18ClNO2S. The summed E-state index contributed by atoms with van der Waals surface area (Å²) in [4.78, 5) is 0.238. The van der Waals surface area contributed by atoms with E-state index in [4.69, 9.17) is 11.6 Å². The third kappa shape index (κ3) is 4.84. The number of hydrogen-bond acceptors (Lipinski definition) is 2. The first kappa shape index (κ1) is 16.0. The molecule has 0 aliphatic carbocycles. The molecular weight excluding hydrogens is 306 g/mol. The van der Waals surface area contributed by atoms with Crippen molar-refractivity contribution in [2.75, 3.05) is 6.54 Å². The monoisotopic (exact) mass is 323 g/mol. The molecule has 0 aromatic heterocycles. The predicted octanol–water partition coefficient (Wildman–Crippen LogP) is 3.56. The van der Waals surface area contributed by atoms with Crippen LogP contribution in [0.4, 0.5) is 0 Å². The highest BCUT2D eigenvalue weighted by Gasteiger charge is 2.12. The van der Waals surface area contributed by atoms with Crippen LogP contribution in [-0.2, 0) is 16.4 Å². The van der Waals surface area contributed by atoms with Gasteiger partial charge in [0.1, 0.15) is 0 Å². The first-order valence-corrected chi connectivity index (χ1v) is 8.64. The zero-order valence-electron chi connectivity index (χ0n) is 11.8. The molecule has 0 aliphatic heterocycles. The molecule has 3 nitrogen and oxygen atoms in total. The normalized spacial score (nSPS) is 11.5. The van der Waals surface area contributed by atoms with Crippen LogP contribution in [-0.4, -0.2) is 15.0 Å². The largest absolute Gasteiger partial charge is 0.240 e. The summed E-state index contributed by atoms with van der Waals surface area (Å²) < 4.78 is 26.7. The van der Waals surface area contributed by atoms with E-state index in [1.165, 1.54) is 23.3 Å². The summed E-state index contributed by atoms with van der Waals surface area (Å²) in [5.74, 6) is 0. The molecule has 0 saturated carbocycles. The summed E-state index contributed by atoms with van der Waals surface area (Å²) in [7, 11) is -3.45. The molecule has 2 aromatic rings. The van der Waals surface area contributed by atoms with E-state index in [1.807, 2.05) is 6.92 Å². The van der Waals surface area contributed by atoms with Crippen LogP contribution >= 0.6 is 11.6 Å². The molecule has 0 fully saturated rings. The molecule has 21 heavy (non-hydrogen) atoms. The second-order valence-electron chi connectivity index (χ2n) is 4.94. The van der Waals surface area contributed by atoms with E-state index >= 15 is 0 Å². The Balaban J connectivity index is 1.85. The number of halogens is 1. The molecule has 0 unspecified atom stereocenters. The SMILES string of the molecule is Cc1ccc(CCCNS(=O)(=O)c2ccc(Cl)cc2)cc1. The molecule has 0 heterocycles. The van der Waals surface area contributed by atoms with Crippen molar-refractivity contribution in [2.45, 2.75) is 24.7 Å². The van der Waals surface area contributed by atoms with Crippen LogP contribution in [0.2, 0.25) is 5.02 Å². The van der Waals surface area contributed by atoms with Gasteiger partial charge in [-0.25, -0.2) is 13.1 Å². The third-order valence-electron chi connectivity index (χ3n) is 3.18. The van der Waals surface area contributed by atoms with E-state index in [2.05, 4.69) is 29.0 Å². The van der Waals surface area contributed by atoms with Crippen molar-refractivity contribution >= 4 is 21.6 Å². The summed E-state index contributed by atoms with van der Waals surface area (Å²) in [5.41, 5.74) is 2.44. The molecule has 0 atom stereocenters. The van der Waals surface area contributed by atoms with Crippen LogP contribution in [0.15, 0.2) is 53.4 Å². The van der Waals surface area contributed by atoms with Crippen LogP contribution < -0.4 is 4.72 Å². The van der Waals surface area contributed by atoms with Gasteiger partial charge in [0.05, 0.1) is 4.90 Å². The standard InChI is InChI=1S/C16H18ClNO2S/c1-13-4-6-14(7-5-13)3-2-12-18-21(19,20)16-10-8-15(17)9-11-16/h4-11,18H,2-3,12H2,1H3. The van der Waals surface area contributed by atoms with Gasteiger partial charge in [0.15, 0.2) is 0 Å². The van der Waals surface area contributed by atoms with Gasteiger partial charge in [-0.2, -0.15) is 0 Å². The topological polar surface area (TPSA) is 46.2 Å². The Morgan fingerprint density at radius 1 is 1.00 bits per heavy atom. The van der Waals surface area contributed by atoms with Gasteiger partial charge in [-0.15, -0.1) is 0 Å². The Hall–Kier alpha value is -1.36. The van der Waals surface area contributed by atoms with Crippen molar-refractivity contribution in [2.24, 2.45) is 0 Å². The van der Waals surface area contributed by atoms with Gasteiger partial charge < -0.3 is 0 Å². The van der Waals surface area contributed by atoms with Crippen molar-refractivity contribution in [3.8, 4) is 0 Å². The Kier molecular flexibility index (Phi) is 5.39. The number of aryl methyl sites for hydroxylation is 2. The quantitative estimate of drug-likeness (QED) is 0.826. The molecule has 0 saturated heterocycles. The minimum absolute atomic E-state index is 0.238. The van der Waals surface area contributed by atoms with E-state index < -0.39 is 10.0 Å². The van der Waals surface area contributed by atoms with Gasteiger partial charge in [0, 0.05) is 11.6 Å². The van der Waals surface area contributed by atoms with E-state index in [1.54, 1.807) is 12.1 Å². The predicted molar refractivity (Wildman–Crippen MR) is 86.1 cm³/mol. The number of rotatable bonds is 6. The maximum atomic E-state index is 12.0. The third-order valence-corrected chi connectivity index (χ3v) is 4.91. The maximum absolute atomic E-state index is 12.0. The molecule has 0 amide bonds. The molecule has 0 spiro atoms. The van der Waals surface area contributed by atoms with E-state index in [9.17, 15) is 8.42 Å². The van der Waals surface area contributed by atoms with E-state index in [-0.39, 0.29) is 4.90 Å². The molecule has 1 N–H and O–H groups in total. The lowest BCUT2D eigenvalue weighted by Crippen LogP contribution is -2.25. The molecule has 2 rings (SSSR count). The number of sulfonamides is 1. The average Bonchev–Trinajstić information content (AvgIpc) is 2.46. The first-order valence-electron chi connectivity index (χ1n) is 6.78. The lowest BCUT2D eigenvalue weighted by molar-refractivity contribution is 0.579. The molecule has 2 aromatic carbocycles. The first-order chi connectivity index (χ1) is 9.97. The summed E-state index contributed by atoms with van der Waals surface area (Å²) in [6.45, 7) is 2.46. The lowest BCUT2D eigenvalue weighted by Gasteiger charge is -2.07. The van der Waals surface area contributed by atoms with Crippen LogP contribution in [0.1, 0.15) is 17.5 Å². The minimum Gasteiger partial charge on any atom is -0.211 e. The maximum Gasteiger partial charge on any atom is 0.240 e. The van der Waals surface area contributed by atoms with E-state index in [0.29, 0.717) is 11.6 Å². The molecule has 0 radical (unpaired) electrons. The van der Waals surface area contributed by atoms with Gasteiger partial charge in [0.2, 0.25) is 10.0 Å². The highest BCUT2D eigenvalue weighted by atomic mass is 35.5. The Morgan fingerprint density at radius 3 is 2.24 bits per heavy atom. The van der Waals surface area contributed by atoms with Crippen molar-refractivity contribution in [3.63, 3.8) is 0 Å². The van der Waals surface area contributed by atoms with Crippen molar-refractivity contribution < 1.29 is 8.42 Å².